The first-order valence-corrected chi connectivity index (χ1v) is 23.5. The van der Waals surface area contributed by atoms with Gasteiger partial charge >= 0.3 is 37.9 Å². The van der Waals surface area contributed by atoms with E-state index in [1.54, 1.807) is 0 Å². The molecule has 6 rings (SSSR count). The summed E-state index contributed by atoms with van der Waals surface area (Å²) < 4.78 is 0. The second-order valence-corrected chi connectivity index (χ2v) is 16.5. The first-order chi connectivity index (χ1) is 21.1. The van der Waals surface area contributed by atoms with E-state index >= 15 is 0 Å². The third kappa shape index (κ3) is 9.89. The van der Waals surface area contributed by atoms with Crippen LogP contribution in [0.15, 0.2) is 109 Å². The van der Waals surface area contributed by atoms with Crippen LogP contribution in [0.1, 0.15) is 61.8 Å². The standard InChI is InChI=1S/2C19H19.C2H6Si.2ClH.Zr/c2*1-13(2)15-7-9-16(10-8-15)18-6-4-5-17-11-14(3)12-19(17)18;1-3-2;;;/h2*4-13H,1-3H3;1-2H3;2*1H;/q2*-1;;;;+4/p-2. The Bertz CT molecular complexity index is 1580. The van der Waals surface area contributed by atoms with E-state index in [1.165, 1.54) is 66.1 Å². The van der Waals surface area contributed by atoms with Crippen molar-refractivity contribution in [3.05, 3.63) is 131 Å². The molecule has 0 aliphatic rings. The molecular weight excluding hydrogens is 671 g/mol. The van der Waals surface area contributed by atoms with Crippen molar-refractivity contribution in [3.63, 3.8) is 0 Å². The molecule has 0 bridgehead atoms. The Morgan fingerprint density at radius 1 is 0.568 bits per heavy atom. The van der Waals surface area contributed by atoms with Gasteiger partial charge in [0.15, 0.2) is 0 Å². The number of benzene rings is 4. The maximum absolute atomic E-state index is 4.93. The topological polar surface area (TPSA) is 0 Å². The van der Waals surface area contributed by atoms with Crippen molar-refractivity contribution in [2.24, 2.45) is 0 Å². The zero-order valence-electron chi connectivity index (χ0n) is 27.3. The molecule has 0 saturated heterocycles. The van der Waals surface area contributed by atoms with Gasteiger partial charge in [0.25, 0.3) is 0 Å². The Balaban J connectivity index is 0.000000204. The summed E-state index contributed by atoms with van der Waals surface area (Å²) in [6.07, 6.45) is 0. The quantitative estimate of drug-likeness (QED) is 0.126. The first kappa shape index (κ1) is 36.3. The van der Waals surface area contributed by atoms with Crippen molar-refractivity contribution >= 4 is 48.1 Å². The van der Waals surface area contributed by atoms with Crippen LogP contribution in [-0.4, -0.2) is 9.52 Å². The van der Waals surface area contributed by atoms with E-state index in [9.17, 15) is 0 Å². The third-order valence-corrected chi connectivity index (χ3v) is 7.57. The molecule has 2 radical (unpaired) electrons. The molecule has 0 N–H and O–H groups in total. The SMILES string of the molecule is C[Si]C.Cc1cc2c(-c3ccc(C(C)C)cc3)cccc2[cH-]1.Cc1cc2c(-c3ccc(C(C)C)cc3)cccc2[cH-]1.[Cl][Zr+2][Cl]. The summed E-state index contributed by atoms with van der Waals surface area (Å²) >= 11 is -0.826. The molecule has 0 aliphatic carbocycles. The van der Waals surface area contributed by atoms with Gasteiger partial charge in [0.05, 0.1) is 0 Å². The van der Waals surface area contributed by atoms with Crippen LogP contribution in [0.3, 0.4) is 0 Å². The third-order valence-electron chi connectivity index (χ3n) is 7.57. The molecule has 0 fully saturated rings. The van der Waals surface area contributed by atoms with Crippen molar-refractivity contribution < 1.29 is 20.8 Å². The minimum atomic E-state index is -0.826. The van der Waals surface area contributed by atoms with Gasteiger partial charge in [-0.15, -0.1) is 69.1 Å². The van der Waals surface area contributed by atoms with E-state index in [-0.39, 0.29) is 0 Å². The van der Waals surface area contributed by atoms with Gasteiger partial charge in [0.2, 0.25) is 0 Å². The van der Waals surface area contributed by atoms with Gasteiger partial charge in [-0.25, -0.2) is 0 Å². The Kier molecular flexibility index (Phi) is 14.9. The number of hydrogen-bond donors (Lipinski definition) is 0. The first-order valence-electron chi connectivity index (χ1n) is 15.2. The molecule has 0 atom stereocenters. The van der Waals surface area contributed by atoms with Crippen molar-refractivity contribution in [2.45, 2.75) is 66.5 Å². The number of aryl methyl sites for hydroxylation is 2. The molecule has 226 valence electrons. The van der Waals surface area contributed by atoms with Gasteiger partial charge in [-0.2, -0.15) is 12.1 Å². The van der Waals surface area contributed by atoms with E-state index in [1.807, 2.05) is 0 Å². The molecule has 6 aromatic carbocycles. The van der Waals surface area contributed by atoms with Crippen LogP contribution in [0.4, 0.5) is 0 Å². The van der Waals surface area contributed by atoms with Gasteiger partial charge in [-0.1, -0.05) is 126 Å². The van der Waals surface area contributed by atoms with E-state index in [2.05, 4.69) is 164 Å². The summed E-state index contributed by atoms with van der Waals surface area (Å²) in [5.41, 5.74) is 10.7. The second-order valence-electron chi connectivity index (χ2n) is 11.8. The average molecular weight is 715 g/mol. The van der Waals surface area contributed by atoms with Crippen molar-refractivity contribution in [2.75, 3.05) is 0 Å². The predicted octanol–water partition coefficient (Wildman–Crippen LogP) is 13.5. The summed E-state index contributed by atoms with van der Waals surface area (Å²) in [4.78, 5) is 0. The van der Waals surface area contributed by atoms with Crippen LogP contribution in [-0.2, 0) is 20.8 Å². The summed E-state index contributed by atoms with van der Waals surface area (Å²) in [5, 5.41) is 5.39. The van der Waals surface area contributed by atoms with E-state index in [0.29, 0.717) is 11.8 Å². The fourth-order valence-corrected chi connectivity index (χ4v) is 5.37. The van der Waals surface area contributed by atoms with Gasteiger partial charge in [0.1, 0.15) is 0 Å². The maximum atomic E-state index is 4.93. The normalized spacial score (nSPS) is 10.5. The van der Waals surface area contributed by atoms with Crippen LogP contribution in [0.5, 0.6) is 0 Å². The van der Waals surface area contributed by atoms with E-state index in [0.717, 1.165) is 9.52 Å². The molecule has 0 amide bonds. The molecule has 0 unspecified atom stereocenters. The molecule has 4 heteroatoms. The molecular formula is C40H44Cl2SiZr. The summed E-state index contributed by atoms with van der Waals surface area (Å²) in [7, 11) is 11.0. The van der Waals surface area contributed by atoms with Gasteiger partial charge in [0, 0.05) is 9.52 Å². The Hall–Kier alpha value is -2.22. The zero-order valence-corrected chi connectivity index (χ0v) is 32.3. The average Bonchev–Trinajstić information content (AvgIpc) is 3.59. The molecule has 0 nitrogen and oxygen atoms in total. The van der Waals surface area contributed by atoms with Crippen molar-refractivity contribution in [1.29, 1.82) is 0 Å². The molecule has 0 aromatic heterocycles. The van der Waals surface area contributed by atoms with Crippen LogP contribution >= 0.6 is 17.0 Å². The number of hydrogen-bond acceptors (Lipinski definition) is 0. The molecule has 6 aromatic rings. The van der Waals surface area contributed by atoms with Gasteiger partial charge in [-0.3, -0.25) is 0 Å². The molecule has 0 heterocycles. The fraction of sp³-hybridized carbons (Fsp3) is 0.250. The van der Waals surface area contributed by atoms with Crippen LogP contribution in [0.2, 0.25) is 13.1 Å². The summed E-state index contributed by atoms with van der Waals surface area (Å²) in [6, 6.07) is 40.1. The number of rotatable bonds is 4. The molecule has 44 heavy (non-hydrogen) atoms. The Morgan fingerprint density at radius 2 is 0.886 bits per heavy atom. The predicted molar refractivity (Wildman–Crippen MR) is 197 cm³/mol. The second kappa shape index (κ2) is 18.1. The monoisotopic (exact) mass is 712 g/mol. The van der Waals surface area contributed by atoms with Crippen molar-refractivity contribution in [1.82, 2.24) is 0 Å². The van der Waals surface area contributed by atoms with Crippen LogP contribution in [0, 0.1) is 13.8 Å². The minimum absolute atomic E-state index is 0.589. The van der Waals surface area contributed by atoms with Crippen molar-refractivity contribution in [3.8, 4) is 22.3 Å². The van der Waals surface area contributed by atoms with Crippen LogP contribution in [0.25, 0.3) is 43.8 Å². The van der Waals surface area contributed by atoms with Crippen LogP contribution < -0.4 is 0 Å². The number of halogens is 2. The molecule has 0 aliphatic heterocycles. The Morgan fingerprint density at radius 3 is 1.18 bits per heavy atom. The Labute approximate surface area is 287 Å². The summed E-state index contributed by atoms with van der Waals surface area (Å²) in [6.45, 7) is 17.6. The number of fused-ring (bicyclic) bond motifs is 2. The fourth-order valence-electron chi connectivity index (χ4n) is 5.37. The van der Waals surface area contributed by atoms with Gasteiger partial charge < -0.3 is 0 Å². The van der Waals surface area contributed by atoms with E-state index in [4.69, 9.17) is 17.0 Å². The zero-order chi connectivity index (χ0) is 32.2. The molecule has 0 saturated carbocycles. The van der Waals surface area contributed by atoms with E-state index < -0.39 is 20.8 Å². The summed E-state index contributed by atoms with van der Waals surface area (Å²) in [5.74, 6) is 1.18. The molecule has 0 spiro atoms. The van der Waals surface area contributed by atoms with Gasteiger partial charge in [-0.05, 0) is 34.1 Å².